The number of methoxy groups -OCH3 is 1. The molecule has 0 atom stereocenters. The van der Waals surface area contributed by atoms with Gasteiger partial charge in [-0.1, -0.05) is 0 Å². The second-order valence-corrected chi connectivity index (χ2v) is 2.82. The van der Waals surface area contributed by atoms with E-state index in [1.165, 1.54) is 0 Å². The monoisotopic (exact) mass is 210 g/mol. The van der Waals surface area contributed by atoms with Crippen molar-refractivity contribution in [2.24, 2.45) is 0 Å². The molecule has 0 aliphatic rings. The van der Waals surface area contributed by atoms with Crippen LogP contribution in [0.3, 0.4) is 0 Å². The van der Waals surface area contributed by atoms with Crippen molar-refractivity contribution in [3.63, 3.8) is 0 Å². The standard InChI is InChI=1S/C10H14N2O3/c1-14-6-5-12-10(13)8-15-9-3-2-4-11-7-9/h2-4,7H,5-6,8H2,1H3,(H,12,13). The third-order valence-corrected chi connectivity index (χ3v) is 1.63. The van der Waals surface area contributed by atoms with Crippen LogP contribution in [0.25, 0.3) is 0 Å². The molecule has 82 valence electrons. The Morgan fingerprint density at radius 2 is 2.47 bits per heavy atom. The van der Waals surface area contributed by atoms with E-state index in [1.54, 1.807) is 31.6 Å². The number of amides is 1. The summed E-state index contributed by atoms with van der Waals surface area (Å²) in [6.45, 7) is 0.986. The summed E-state index contributed by atoms with van der Waals surface area (Å²) in [7, 11) is 1.58. The fourth-order valence-electron chi connectivity index (χ4n) is 0.925. The average Bonchev–Trinajstić information content (AvgIpc) is 2.28. The van der Waals surface area contributed by atoms with Crippen LogP contribution in [-0.4, -0.2) is 37.8 Å². The lowest BCUT2D eigenvalue weighted by atomic mass is 10.5. The minimum atomic E-state index is -0.170. The first-order valence-electron chi connectivity index (χ1n) is 4.61. The maximum absolute atomic E-state index is 11.2. The number of carbonyl (C=O) groups excluding carboxylic acids is 1. The zero-order valence-electron chi connectivity index (χ0n) is 8.60. The lowest BCUT2D eigenvalue weighted by Crippen LogP contribution is -2.31. The molecule has 0 unspecified atom stereocenters. The normalized spacial score (nSPS) is 9.67. The third-order valence-electron chi connectivity index (χ3n) is 1.63. The van der Waals surface area contributed by atoms with Crippen LogP contribution in [0.5, 0.6) is 5.75 Å². The molecule has 5 heteroatoms. The molecule has 5 nitrogen and oxygen atoms in total. The van der Waals surface area contributed by atoms with E-state index in [1.807, 2.05) is 0 Å². The molecule has 1 heterocycles. The van der Waals surface area contributed by atoms with Gasteiger partial charge in [0.2, 0.25) is 0 Å². The van der Waals surface area contributed by atoms with Crippen LogP contribution in [0.1, 0.15) is 0 Å². The maximum Gasteiger partial charge on any atom is 0.258 e. The summed E-state index contributed by atoms with van der Waals surface area (Å²) >= 11 is 0. The fraction of sp³-hybridized carbons (Fsp3) is 0.400. The Labute approximate surface area is 88.4 Å². The number of nitrogens with zero attached hydrogens (tertiary/aromatic N) is 1. The van der Waals surface area contributed by atoms with Crippen LogP contribution >= 0.6 is 0 Å². The van der Waals surface area contributed by atoms with Crippen molar-refractivity contribution in [2.75, 3.05) is 26.9 Å². The van der Waals surface area contributed by atoms with Crippen LogP contribution in [0.15, 0.2) is 24.5 Å². The van der Waals surface area contributed by atoms with Crippen molar-refractivity contribution >= 4 is 5.91 Å². The number of aromatic nitrogens is 1. The molecule has 15 heavy (non-hydrogen) atoms. The summed E-state index contributed by atoms with van der Waals surface area (Å²) < 4.78 is 9.97. The van der Waals surface area contributed by atoms with Crippen LogP contribution in [0.2, 0.25) is 0 Å². The van der Waals surface area contributed by atoms with E-state index in [4.69, 9.17) is 9.47 Å². The SMILES string of the molecule is COCCNC(=O)COc1cccnc1. The second-order valence-electron chi connectivity index (χ2n) is 2.82. The van der Waals surface area contributed by atoms with Gasteiger partial charge in [-0.05, 0) is 12.1 Å². The molecule has 0 spiro atoms. The van der Waals surface area contributed by atoms with Crippen LogP contribution in [0.4, 0.5) is 0 Å². The first kappa shape index (κ1) is 11.5. The number of hydrogen-bond donors (Lipinski definition) is 1. The molecule has 0 aliphatic carbocycles. The van der Waals surface area contributed by atoms with E-state index in [0.29, 0.717) is 18.9 Å². The summed E-state index contributed by atoms with van der Waals surface area (Å²) in [5, 5.41) is 2.64. The molecule has 1 amide bonds. The van der Waals surface area contributed by atoms with Gasteiger partial charge in [0.25, 0.3) is 5.91 Å². The van der Waals surface area contributed by atoms with Crippen LogP contribution in [0, 0.1) is 0 Å². The lowest BCUT2D eigenvalue weighted by molar-refractivity contribution is -0.123. The van der Waals surface area contributed by atoms with Crippen molar-refractivity contribution < 1.29 is 14.3 Å². The first-order chi connectivity index (χ1) is 7.33. The van der Waals surface area contributed by atoms with E-state index in [2.05, 4.69) is 10.3 Å². The quantitative estimate of drug-likeness (QED) is 0.682. The minimum Gasteiger partial charge on any atom is -0.482 e. The Kier molecular flexibility index (Phi) is 5.18. The molecule has 0 radical (unpaired) electrons. The van der Waals surface area contributed by atoms with Gasteiger partial charge in [-0.3, -0.25) is 9.78 Å². The van der Waals surface area contributed by atoms with Gasteiger partial charge in [-0.2, -0.15) is 0 Å². The largest absolute Gasteiger partial charge is 0.482 e. The summed E-state index contributed by atoms with van der Waals surface area (Å²) in [5.41, 5.74) is 0. The summed E-state index contributed by atoms with van der Waals surface area (Å²) in [5.74, 6) is 0.412. The number of rotatable bonds is 6. The first-order valence-corrected chi connectivity index (χ1v) is 4.61. The molecular formula is C10H14N2O3. The van der Waals surface area contributed by atoms with Crippen LogP contribution < -0.4 is 10.1 Å². The summed E-state index contributed by atoms with van der Waals surface area (Å²) in [6.07, 6.45) is 3.20. The summed E-state index contributed by atoms with van der Waals surface area (Å²) in [6, 6.07) is 3.49. The molecule has 1 rings (SSSR count). The maximum atomic E-state index is 11.2. The fourth-order valence-corrected chi connectivity index (χ4v) is 0.925. The Morgan fingerprint density at radius 3 is 3.13 bits per heavy atom. The summed E-state index contributed by atoms with van der Waals surface area (Å²) in [4.78, 5) is 15.0. The van der Waals surface area contributed by atoms with Gasteiger partial charge in [0.05, 0.1) is 12.8 Å². The highest BCUT2D eigenvalue weighted by molar-refractivity contribution is 5.77. The molecule has 0 bridgehead atoms. The number of hydrogen-bond acceptors (Lipinski definition) is 4. The smallest absolute Gasteiger partial charge is 0.258 e. The van der Waals surface area contributed by atoms with Crippen LogP contribution in [-0.2, 0) is 9.53 Å². The van der Waals surface area contributed by atoms with E-state index in [9.17, 15) is 4.79 Å². The van der Waals surface area contributed by atoms with E-state index in [0.717, 1.165) is 0 Å². The molecule has 0 saturated carbocycles. The highest BCUT2D eigenvalue weighted by Gasteiger charge is 2.01. The molecule has 0 aromatic carbocycles. The van der Waals surface area contributed by atoms with E-state index in [-0.39, 0.29) is 12.5 Å². The van der Waals surface area contributed by atoms with Gasteiger partial charge in [0.1, 0.15) is 5.75 Å². The van der Waals surface area contributed by atoms with Crippen molar-refractivity contribution in [1.82, 2.24) is 10.3 Å². The third kappa shape index (κ3) is 4.97. The van der Waals surface area contributed by atoms with E-state index >= 15 is 0 Å². The molecule has 1 N–H and O–H groups in total. The molecule has 0 fully saturated rings. The predicted octanol–water partition coefficient (Wildman–Crippen LogP) is 0.223. The lowest BCUT2D eigenvalue weighted by Gasteiger charge is -2.06. The van der Waals surface area contributed by atoms with Gasteiger partial charge in [0.15, 0.2) is 6.61 Å². The Bertz CT molecular complexity index is 290. The Morgan fingerprint density at radius 1 is 1.60 bits per heavy atom. The van der Waals surface area contributed by atoms with Gasteiger partial charge < -0.3 is 14.8 Å². The average molecular weight is 210 g/mol. The van der Waals surface area contributed by atoms with Gasteiger partial charge >= 0.3 is 0 Å². The number of nitrogens with one attached hydrogen (secondary N) is 1. The van der Waals surface area contributed by atoms with Crippen molar-refractivity contribution in [3.8, 4) is 5.75 Å². The molecule has 0 aliphatic heterocycles. The number of pyridine rings is 1. The van der Waals surface area contributed by atoms with Gasteiger partial charge in [-0.15, -0.1) is 0 Å². The molecule has 1 aromatic rings. The van der Waals surface area contributed by atoms with Gasteiger partial charge in [-0.25, -0.2) is 0 Å². The number of ether oxygens (including phenoxy) is 2. The highest BCUT2D eigenvalue weighted by atomic mass is 16.5. The van der Waals surface area contributed by atoms with Crippen molar-refractivity contribution in [3.05, 3.63) is 24.5 Å². The number of carbonyl (C=O) groups is 1. The highest BCUT2D eigenvalue weighted by Crippen LogP contribution is 2.04. The zero-order chi connectivity index (χ0) is 10.9. The van der Waals surface area contributed by atoms with E-state index < -0.39 is 0 Å². The van der Waals surface area contributed by atoms with Crippen molar-refractivity contribution in [2.45, 2.75) is 0 Å². The zero-order valence-corrected chi connectivity index (χ0v) is 8.60. The molecular weight excluding hydrogens is 196 g/mol. The topological polar surface area (TPSA) is 60.5 Å². The second kappa shape index (κ2) is 6.78. The van der Waals surface area contributed by atoms with Gasteiger partial charge in [0, 0.05) is 19.9 Å². The predicted molar refractivity (Wildman–Crippen MR) is 54.6 cm³/mol. The Balaban J connectivity index is 2.17. The Hall–Kier alpha value is -1.62. The molecule has 0 saturated heterocycles. The van der Waals surface area contributed by atoms with Crippen molar-refractivity contribution in [1.29, 1.82) is 0 Å². The minimum absolute atomic E-state index is 0.00456. The molecule has 1 aromatic heterocycles.